The number of nitro benzene ring substituents is 1. The summed E-state index contributed by atoms with van der Waals surface area (Å²) < 4.78 is 5.80. The number of ether oxygens (including phenoxy) is 1. The Bertz CT molecular complexity index is 534. The molecule has 3 rings (SSSR count). The van der Waals surface area contributed by atoms with E-state index in [0.29, 0.717) is 11.7 Å². The lowest BCUT2D eigenvalue weighted by Crippen LogP contribution is -2.48. The third-order valence-electron chi connectivity index (χ3n) is 4.25. The Morgan fingerprint density at radius 3 is 2.90 bits per heavy atom. The number of anilines is 1. The fourth-order valence-corrected chi connectivity index (χ4v) is 3.10. The zero-order valence-electron chi connectivity index (χ0n) is 11.8. The van der Waals surface area contributed by atoms with Crippen LogP contribution in [-0.4, -0.2) is 55.3 Å². The lowest BCUT2D eigenvalue weighted by atomic mass is 10.1. The third-order valence-corrected chi connectivity index (χ3v) is 4.25. The fourth-order valence-electron chi connectivity index (χ4n) is 3.10. The van der Waals surface area contributed by atoms with Crippen LogP contribution in [0.2, 0.25) is 0 Å². The van der Waals surface area contributed by atoms with E-state index in [9.17, 15) is 10.1 Å². The largest absolute Gasteiger partial charge is 0.373 e. The molecule has 0 bridgehead atoms. The van der Waals surface area contributed by atoms with E-state index in [-0.39, 0.29) is 16.7 Å². The van der Waals surface area contributed by atoms with Crippen molar-refractivity contribution in [2.45, 2.75) is 19.1 Å². The number of nitrogens with zero attached hydrogens (tertiary/aromatic N) is 3. The molecule has 0 aliphatic carbocycles. The number of likely N-dealkylation sites (N-methyl/N-ethyl adjacent to an activating group) is 1. The van der Waals surface area contributed by atoms with Gasteiger partial charge in [0.15, 0.2) is 0 Å². The van der Waals surface area contributed by atoms with Gasteiger partial charge in [0, 0.05) is 25.7 Å². The van der Waals surface area contributed by atoms with Gasteiger partial charge in [-0.1, -0.05) is 6.07 Å². The standard InChI is InChI=1S/C14H19N3O3/c1-10-3-4-11(17(18)19)12(7-10)16-8-13-14(9-16)20-6-5-15(13)2/h3-4,7,13-14H,5-6,8-9H2,1-2H3/t13-,14+/m0/s1. The molecule has 6 nitrogen and oxygen atoms in total. The van der Waals surface area contributed by atoms with Gasteiger partial charge in [0.1, 0.15) is 5.69 Å². The van der Waals surface area contributed by atoms with Crippen molar-refractivity contribution in [3.8, 4) is 0 Å². The molecule has 2 atom stereocenters. The van der Waals surface area contributed by atoms with Crippen LogP contribution in [0.5, 0.6) is 0 Å². The molecule has 2 saturated heterocycles. The molecule has 0 aromatic heterocycles. The number of nitro groups is 1. The zero-order chi connectivity index (χ0) is 14.3. The quantitative estimate of drug-likeness (QED) is 0.604. The van der Waals surface area contributed by atoms with E-state index < -0.39 is 0 Å². The molecule has 0 radical (unpaired) electrons. The van der Waals surface area contributed by atoms with E-state index in [2.05, 4.69) is 16.8 Å². The van der Waals surface area contributed by atoms with Gasteiger partial charge in [-0.05, 0) is 25.6 Å². The molecule has 0 amide bonds. The first-order valence-electron chi connectivity index (χ1n) is 6.88. The first-order valence-corrected chi connectivity index (χ1v) is 6.88. The maximum atomic E-state index is 11.2. The minimum absolute atomic E-state index is 0.147. The topological polar surface area (TPSA) is 58.9 Å². The maximum Gasteiger partial charge on any atom is 0.292 e. The molecule has 6 heteroatoms. The summed E-state index contributed by atoms with van der Waals surface area (Å²) in [5.41, 5.74) is 1.92. The van der Waals surface area contributed by atoms with Crippen molar-refractivity contribution in [3.63, 3.8) is 0 Å². The summed E-state index contributed by atoms with van der Waals surface area (Å²) in [5.74, 6) is 0. The molecule has 20 heavy (non-hydrogen) atoms. The Morgan fingerprint density at radius 1 is 1.40 bits per heavy atom. The lowest BCUT2D eigenvalue weighted by molar-refractivity contribution is -0.384. The van der Waals surface area contributed by atoms with Crippen LogP contribution >= 0.6 is 0 Å². The van der Waals surface area contributed by atoms with Gasteiger partial charge < -0.3 is 9.64 Å². The summed E-state index contributed by atoms with van der Waals surface area (Å²) in [6, 6.07) is 5.60. The number of fused-ring (bicyclic) bond motifs is 1. The Labute approximate surface area is 118 Å². The van der Waals surface area contributed by atoms with Crippen LogP contribution in [0.1, 0.15) is 5.56 Å². The van der Waals surface area contributed by atoms with Crippen molar-refractivity contribution in [1.29, 1.82) is 0 Å². The molecule has 108 valence electrons. The van der Waals surface area contributed by atoms with E-state index in [4.69, 9.17) is 4.74 Å². The predicted octanol–water partition coefficient (Wildman–Crippen LogP) is 1.42. The van der Waals surface area contributed by atoms with E-state index in [0.717, 1.165) is 31.8 Å². The molecular weight excluding hydrogens is 258 g/mol. The Morgan fingerprint density at radius 2 is 2.20 bits per heavy atom. The number of benzene rings is 1. The van der Waals surface area contributed by atoms with Crippen molar-refractivity contribution in [2.75, 3.05) is 38.2 Å². The summed E-state index contributed by atoms with van der Waals surface area (Å²) in [6.45, 7) is 5.12. The van der Waals surface area contributed by atoms with Crippen molar-refractivity contribution in [2.24, 2.45) is 0 Å². The van der Waals surface area contributed by atoms with E-state index in [1.165, 1.54) is 0 Å². The highest BCUT2D eigenvalue weighted by molar-refractivity contribution is 5.65. The van der Waals surface area contributed by atoms with Crippen molar-refractivity contribution >= 4 is 11.4 Å². The monoisotopic (exact) mass is 277 g/mol. The molecule has 2 aliphatic heterocycles. The van der Waals surface area contributed by atoms with Gasteiger partial charge >= 0.3 is 0 Å². The second-order valence-electron chi connectivity index (χ2n) is 5.61. The smallest absolute Gasteiger partial charge is 0.292 e. The Kier molecular flexibility index (Phi) is 3.35. The average Bonchev–Trinajstić information content (AvgIpc) is 2.83. The van der Waals surface area contributed by atoms with Gasteiger partial charge in [0.2, 0.25) is 0 Å². The van der Waals surface area contributed by atoms with E-state index in [1.54, 1.807) is 12.1 Å². The SMILES string of the molecule is Cc1ccc([N+](=O)[O-])c(N2C[C@H]3OCCN(C)[C@H]3C2)c1. The normalized spacial score (nSPS) is 26.6. The third kappa shape index (κ3) is 2.25. The molecule has 0 spiro atoms. The number of aryl methyl sites for hydroxylation is 1. The summed E-state index contributed by atoms with van der Waals surface area (Å²) in [6.07, 6.45) is 0.147. The van der Waals surface area contributed by atoms with Crippen LogP contribution in [0, 0.1) is 17.0 Å². The second-order valence-corrected chi connectivity index (χ2v) is 5.61. The number of hydrogen-bond donors (Lipinski definition) is 0. The molecule has 0 N–H and O–H groups in total. The van der Waals surface area contributed by atoms with Gasteiger partial charge in [-0.3, -0.25) is 15.0 Å². The summed E-state index contributed by atoms with van der Waals surface area (Å²) in [5, 5.41) is 11.2. The Balaban J connectivity index is 1.90. The molecule has 0 saturated carbocycles. The van der Waals surface area contributed by atoms with Crippen molar-refractivity contribution in [1.82, 2.24) is 4.90 Å². The average molecular weight is 277 g/mol. The highest BCUT2D eigenvalue weighted by atomic mass is 16.6. The summed E-state index contributed by atoms with van der Waals surface area (Å²) in [4.78, 5) is 15.3. The van der Waals surface area contributed by atoms with Crippen LogP contribution in [-0.2, 0) is 4.74 Å². The van der Waals surface area contributed by atoms with Crippen LogP contribution in [0.25, 0.3) is 0 Å². The maximum absolute atomic E-state index is 11.2. The van der Waals surface area contributed by atoms with Gasteiger partial charge in [-0.2, -0.15) is 0 Å². The summed E-state index contributed by atoms with van der Waals surface area (Å²) >= 11 is 0. The minimum Gasteiger partial charge on any atom is -0.373 e. The first kappa shape index (κ1) is 13.3. The van der Waals surface area contributed by atoms with Crippen LogP contribution in [0.15, 0.2) is 18.2 Å². The molecule has 1 aromatic rings. The molecular formula is C14H19N3O3. The fraction of sp³-hybridized carbons (Fsp3) is 0.571. The number of hydrogen-bond acceptors (Lipinski definition) is 5. The minimum atomic E-state index is -0.304. The van der Waals surface area contributed by atoms with Crippen LogP contribution in [0.3, 0.4) is 0 Å². The highest BCUT2D eigenvalue weighted by Gasteiger charge is 2.40. The molecule has 2 fully saturated rings. The van der Waals surface area contributed by atoms with E-state index >= 15 is 0 Å². The lowest BCUT2D eigenvalue weighted by Gasteiger charge is -2.33. The summed E-state index contributed by atoms with van der Waals surface area (Å²) in [7, 11) is 2.09. The van der Waals surface area contributed by atoms with Crippen LogP contribution < -0.4 is 4.90 Å². The molecule has 0 unspecified atom stereocenters. The number of morpholine rings is 1. The van der Waals surface area contributed by atoms with E-state index in [1.807, 2.05) is 13.0 Å². The zero-order valence-corrected chi connectivity index (χ0v) is 11.8. The second kappa shape index (κ2) is 5.03. The van der Waals surface area contributed by atoms with Gasteiger partial charge in [-0.15, -0.1) is 0 Å². The van der Waals surface area contributed by atoms with Crippen molar-refractivity contribution in [3.05, 3.63) is 33.9 Å². The Hall–Kier alpha value is -1.66. The molecule has 2 heterocycles. The predicted molar refractivity (Wildman–Crippen MR) is 76.2 cm³/mol. The molecule has 1 aromatic carbocycles. The van der Waals surface area contributed by atoms with Gasteiger partial charge in [0.05, 0.1) is 23.7 Å². The first-order chi connectivity index (χ1) is 9.56. The van der Waals surface area contributed by atoms with Gasteiger partial charge in [0.25, 0.3) is 5.69 Å². The van der Waals surface area contributed by atoms with Crippen molar-refractivity contribution < 1.29 is 9.66 Å². The molecule has 2 aliphatic rings. The van der Waals surface area contributed by atoms with Gasteiger partial charge in [-0.25, -0.2) is 0 Å². The van der Waals surface area contributed by atoms with Crippen LogP contribution in [0.4, 0.5) is 11.4 Å². The number of rotatable bonds is 2. The highest BCUT2D eigenvalue weighted by Crippen LogP contribution is 2.33.